The molecule has 144 valence electrons. The first-order valence-electron chi connectivity index (χ1n) is 8.89. The Morgan fingerprint density at radius 2 is 1.93 bits per heavy atom. The number of rotatable bonds is 9. The number of para-hydroxylation sites is 1. The molecule has 1 amide bonds. The van der Waals surface area contributed by atoms with Crippen molar-refractivity contribution in [3.8, 4) is 5.75 Å². The van der Waals surface area contributed by atoms with Crippen LogP contribution in [0.5, 0.6) is 5.75 Å². The molecule has 0 aliphatic rings. The van der Waals surface area contributed by atoms with E-state index < -0.39 is 6.10 Å². The van der Waals surface area contributed by atoms with E-state index in [0.717, 1.165) is 0 Å². The third-order valence-corrected chi connectivity index (χ3v) is 4.16. The van der Waals surface area contributed by atoms with Crippen molar-refractivity contribution in [3.05, 3.63) is 59.9 Å². The van der Waals surface area contributed by atoms with Crippen molar-refractivity contribution in [3.63, 3.8) is 0 Å². The van der Waals surface area contributed by atoms with E-state index >= 15 is 0 Å². The van der Waals surface area contributed by atoms with Crippen LogP contribution >= 0.6 is 0 Å². The first-order valence-corrected chi connectivity index (χ1v) is 8.89. The molecule has 1 atom stereocenters. The van der Waals surface area contributed by atoms with Gasteiger partial charge in [0.25, 0.3) is 5.91 Å². The van der Waals surface area contributed by atoms with Gasteiger partial charge in [-0.3, -0.25) is 9.59 Å². The third-order valence-electron chi connectivity index (χ3n) is 4.16. The van der Waals surface area contributed by atoms with Crippen LogP contribution < -0.4 is 15.0 Å². The minimum atomic E-state index is -0.684. The molecule has 2 aromatic carbocycles. The van der Waals surface area contributed by atoms with Crippen LogP contribution in [0, 0.1) is 5.82 Å². The summed E-state index contributed by atoms with van der Waals surface area (Å²) in [5, 5.41) is 2.81. The number of carbonyl (C=O) groups is 2. The standard InChI is InChI=1S/C21H25FN2O3/c1-15(25)17-8-6-9-18(14-17)27-16(2)21(26)23-12-7-13-24(3)20-11-5-4-10-19(20)22/h4-6,8-11,14,16H,7,12-13H2,1-3H3,(H,23,26). The van der Waals surface area contributed by atoms with E-state index in [-0.39, 0.29) is 17.5 Å². The lowest BCUT2D eigenvalue weighted by Crippen LogP contribution is -2.37. The smallest absolute Gasteiger partial charge is 0.260 e. The van der Waals surface area contributed by atoms with Crippen LogP contribution in [0.1, 0.15) is 30.6 Å². The van der Waals surface area contributed by atoms with Gasteiger partial charge in [0.15, 0.2) is 11.9 Å². The van der Waals surface area contributed by atoms with E-state index in [2.05, 4.69) is 5.32 Å². The number of nitrogens with zero attached hydrogens (tertiary/aromatic N) is 1. The molecule has 6 heteroatoms. The van der Waals surface area contributed by atoms with E-state index in [1.165, 1.54) is 13.0 Å². The minimum absolute atomic E-state index is 0.0588. The van der Waals surface area contributed by atoms with E-state index in [1.807, 2.05) is 11.9 Å². The van der Waals surface area contributed by atoms with Gasteiger partial charge in [-0.15, -0.1) is 0 Å². The highest BCUT2D eigenvalue weighted by Crippen LogP contribution is 2.17. The van der Waals surface area contributed by atoms with Gasteiger partial charge in [0.2, 0.25) is 0 Å². The van der Waals surface area contributed by atoms with Crippen molar-refractivity contribution < 1.29 is 18.7 Å². The highest BCUT2D eigenvalue weighted by molar-refractivity contribution is 5.94. The summed E-state index contributed by atoms with van der Waals surface area (Å²) in [4.78, 5) is 25.4. The molecule has 0 saturated heterocycles. The van der Waals surface area contributed by atoms with Crippen LogP contribution in [0.2, 0.25) is 0 Å². The number of amides is 1. The quantitative estimate of drug-likeness (QED) is 0.541. The van der Waals surface area contributed by atoms with Gasteiger partial charge in [-0.05, 0) is 44.5 Å². The summed E-state index contributed by atoms with van der Waals surface area (Å²) in [5.74, 6) is -0.0863. The zero-order valence-electron chi connectivity index (χ0n) is 15.9. The van der Waals surface area contributed by atoms with Crippen LogP contribution in [-0.2, 0) is 4.79 Å². The van der Waals surface area contributed by atoms with Crippen molar-refractivity contribution in [2.24, 2.45) is 0 Å². The largest absolute Gasteiger partial charge is 0.481 e. The molecule has 2 rings (SSSR count). The average Bonchev–Trinajstić information content (AvgIpc) is 2.65. The number of ketones is 1. The number of anilines is 1. The lowest BCUT2D eigenvalue weighted by molar-refractivity contribution is -0.127. The molecule has 0 saturated carbocycles. The van der Waals surface area contributed by atoms with Crippen LogP contribution in [-0.4, -0.2) is 37.9 Å². The molecule has 1 unspecified atom stereocenters. The second-order valence-electron chi connectivity index (χ2n) is 6.36. The normalized spacial score (nSPS) is 11.6. The Bertz CT molecular complexity index is 795. The molecule has 0 fully saturated rings. The molecular formula is C21H25FN2O3. The minimum Gasteiger partial charge on any atom is -0.481 e. The van der Waals surface area contributed by atoms with Crippen LogP contribution in [0.3, 0.4) is 0 Å². The van der Waals surface area contributed by atoms with Gasteiger partial charge in [-0.25, -0.2) is 4.39 Å². The Hall–Kier alpha value is -2.89. The van der Waals surface area contributed by atoms with Crippen molar-refractivity contribution >= 4 is 17.4 Å². The topological polar surface area (TPSA) is 58.6 Å². The van der Waals surface area contributed by atoms with Crippen molar-refractivity contribution in [2.45, 2.75) is 26.4 Å². The van der Waals surface area contributed by atoms with E-state index in [4.69, 9.17) is 4.74 Å². The average molecular weight is 372 g/mol. The summed E-state index contributed by atoms with van der Waals surface area (Å²) in [5.41, 5.74) is 1.07. The molecule has 0 aliphatic carbocycles. The third kappa shape index (κ3) is 6.09. The maximum atomic E-state index is 13.7. The van der Waals surface area contributed by atoms with Crippen molar-refractivity contribution in [2.75, 3.05) is 25.0 Å². The number of ether oxygens (including phenoxy) is 1. The Morgan fingerprint density at radius 1 is 1.19 bits per heavy atom. The van der Waals surface area contributed by atoms with E-state index in [9.17, 15) is 14.0 Å². The second kappa shape index (κ2) is 9.71. The summed E-state index contributed by atoms with van der Waals surface area (Å²) < 4.78 is 19.3. The number of hydrogen-bond donors (Lipinski definition) is 1. The van der Waals surface area contributed by atoms with E-state index in [1.54, 1.807) is 49.4 Å². The summed E-state index contributed by atoms with van der Waals surface area (Å²) in [6.45, 7) is 4.20. The number of nitrogens with one attached hydrogen (secondary N) is 1. The second-order valence-corrected chi connectivity index (χ2v) is 6.36. The highest BCUT2D eigenvalue weighted by atomic mass is 19.1. The monoisotopic (exact) mass is 372 g/mol. The number of Topliss-reactive ketones (excluding diaryl/α,β-unsaturated/α-hetero) is 1. The summed E-state index contributed by atoms with van der Waals surface area (Å²) >= 11 is 0. The highest BCUT2D eigenvalue weighted by Gasteiger charge is 2.15. The Labute approximate surface area is 159 Å². The molecule has 0 aromatic heterocycles. The SMILES string of the molecule is CC(=O)c1cccc(OC(C)C(=O)NCCCN(C)c2ccccc2F)c1. The zero-order valence-corrected chi connectivity index (χ0v) is 15.9. The molecule has 0 spiro atoms. The van der Waals surface area contributed by atoms with Crippen molar-refractivity contribution in [1.82, 2.24) is 5.32 Å². The number of hydrogen-bond acceptors (Lipinski definition) is 4. The predicted molar refractivity (Wildman–Crippen MR) is 104 cm³/mol. The molecule has 5 nitrogen and oxygen atoms in total. The molecular weight excluding hydrogens is 347 g/mol. The molecule has 27 heavy (non-hydrogen) atoms. The summed E-state index contributed by atoms with van der Waals surface area (Å²) in [7, 11) is 1.81. The molecule has 2 aromatic rings. The van der Waals surface area contributed by atoms with Gasteiger partial charge < -0.3 is 15.0 Å². The van der Waals surface area contributed by atoms with Gasteiger partial charge in [0.05, 0.1) is 5.69 Å². The van der Waals surface area contributed by atoms with Crippen LogP contribution in [0.4, 0.5) is 10.1 Å². The van der Waals surface area contributed by atoms with Gasteiger partial charge >= 0.3 is 0 Å². The first-order chi connectivity index (χ1) is 12.9. The van der Waals surface area contributed by atoms with Gasteiger partial charge in [-0.1, -0.05) is 24.3 Å². The van der Waals surface area contributed by atoms with Gasteiger partial charge in [0, 0.05) is 25.7 Å². The first kappa shape index (κ1) is 20.4. The molecule has 0 aliphatic heterocycles. The molecule has 0 heterocycles. The van der Waals surface area contributed by atoms with Gasteiger partial charge in [0.1, 0.15) is 11.6 Å². The summed E-state index contributed by atoms with van der Waals surface area (Å²) in [6, 6.07) is 13.3. The fourth-order valence-electron chi connectivity index (χ4n) is 2.60. The van der Waals surface area contributed by atoms with Crippen LogP contribution in [0.15, 0.2) is 48.5 Å². The fraction of sp³-hybridized carbons (Fsp3) is 0.333. The zero-order chi connectivity index (χ0) is 19.8. The molecule has 1 N–H and O–H groups in total. The van der Waals surface area contributed by atoms with Crippen molar-refractivity contribution in [1.29, 1.82) is 0 Å². The Morgan fingerprint density at radius 3 is 2.63 bits per heavy atom. The number of carbonyl (C=O) groups excluding carboxylic acids is 2. The predicted octanol–water partition coefficient (Wildman–Crippen LogP) is 3.44. The van der Waals surface area contributed by atoms with E-state index in [0.29, 0.717) is 36.5 Å². The number of halogens is 1. The Balaban J connectivity index is 1.76. The van der Waals surface area contributed by atoms with Crippen LogP contribution in [0.25, 0.3) is 0 Å². The Kier molecular flexibility index (Phi) is 7.34. The lowest BCUT2D eigenvalue weighted by atomic mass is 10.1. The maximum Gasteiger partial charge on any atom is 0.260 e. The molecule has 0 bridgehead atoms. The summed E-state index contributed by atoms with van der Waals surface area (Å²) in [6.07, 6.45) is -0.0140. The fourth-order valence-corrected chi connectivity index (χ4v) is 2.60. The molecule has 0 radical (unpaired) electrons. The van der Waals surface area contributed by atoms with Gasteiger partial charge in [-0.2, -0.15) is 0 Å². The number of benzene rings is 2. The maximum absolute atomic E-state index is 13.7. The lowest BCUT2D eigenvalue weighted by Gasteiger charge is -2.20.